The molecule has 0 bridgehead atoms. The van der Waals surface area contributed by atoms with Gasteiger partial charge in [0.1, 0.15) is 17.6 Å². The van der Waals surface area contributed by atoms with E-state index in [2.05, 4.69) is 14.8 Å². The van der Waals surface area contributed by atoms with Crippen molar-refractivity contribution in [2.75, 3.05) is 0 Å². The molecule has 1 aliphatic heterocycles. The third kappa shape index (κ3) is 1.91. The van der Waals surface area contributed by atoms with Crippen LogP contribution in [0.3, 0.4) is 0 Å². The van der Waals surface area contributed by atoms with Gasteiger partial charge in [-0.3, -0.25) is 4.79 Å². The van der Waals surface area contributed by atoms with Crippen molar-refractivity contribution < 1.29 is 9.90 Å². The molecule has 2 heterocycles. The maximum atomic E-state index is 11.2. The molecule has 1 aliphatic carbocycles. The Hall–Kier alpha value is -1.39. The quantitative estimate of drug-likeness (QED) is 0.873. The first-order valence-corrected chi connectivity index (χ1v) is 6.93. The number of fused-ring (bicyclic) bond motifs is 1. The van der Waals surface area contributed by atoms with Gasteiger partial charge in [0.15, 0.2) is 0 Å². The van der Waals surface area contributed by atoms with Gasteiger partial charge in [0.25, 0.3) is 0 Å². The maximum absolute atomic E-state index is 11.2. The van der Waals surface area contributed by atoms with Crippen LogP contribution in [0.4, 0.5) is 0 Å². The van der Waals surface area contributed by atoms with Crippen molar-refractivity contribution in [1.29, 1.82) is 0 Å². The molecule has 1 saturated carbocycles. The largest absolute Gasteiger partial charge is 0.481 e. The van der Waals surface area contributed by atoms with Gasteiger partial charge in [-0.1, -0.05) is 19.3 Å². The molecule has 0 aromatic carbocycles. The van der Waals surface area contributed by atoms with Crippen molar-refractivity contribution >= 4 is 5.97 Å². The van der Waals surface area contributed by atoms with E-state index in [1.54, 1.807) is 0 Å². The summed E-state index contributed by atoms with van der Waals surface area (Å²) < 4.78 is 2.08. The second-order valence-electron chi connectivity index (χ2n) is 5.44. The fourth-order valence-electron chi connectivity index (χ4n) is 3.29. The lowest BCUT2D eigenvalue weighted by molar-refractivity contribution is -0.139. The highest BCUT2D eigenvalue weighted by molar-refractivity contribution is 5.75. The predicted octanol–water partition coefficient (Wildman–Crippen LogP) is 2.29. The van der Waals surface area contributed by atoms with Crippen LogP contribution in [0.1, 0.15) is 68.4 Å². The fraction of sp³-hybridized carbons (Fsp3) is 0.769. The third-order valence-electron chi connectivity index (χ3n) is 4.26. The summed E-state index contributed by atoms with van der Waals surface area (Å²) in [5, 5.41) is 17.7. The average molecular weight is 249 g/mol. The molecular weight excluding hydrogens is 230 g/mol. The predicted molar refractivity (Wildman–Crippen MR) is 65.5 cm³/mol. The molecule has 5 heteroatoms. The Balaban J connectivity index is 1.91. The number of carboxylic acid groups (broad SMARTS) is 1. The zero-order valence-electron chi connectivity index (χ0n) is 10.5. The van der Waals surface area contributed by atoms with Crippen LogP contribution in [0.2, 0.25) is 0 Å². The summed E-state index contributed by atoms with van der Waals surface area (Å²) in [5.74, 6) is 0.986. The number of hydrogen-bond acceptors (Lipinski definition) is 3. The van der Waals surface area contributed by atoms with E-state index in [-0.39, 0.29) is 0 Å². The average Bonchev–Trinajstić information content (AvgIpc) is 2.83. The van der Waals surface area contributed by atoms with Crippen LogP contribution in [-0.2, 0) is 11.3 Å². The van der Waals surface area contributed by atoms with E-state index in [9.17, 15) is 9.90 Å². The molecule has 1 aromatic rings. The van der Waals surface area contributed by atoms with Crippen LogP contribution in [-0.4, -0.2) is 25.8 Å². The van der Waals surface area contributed by atoms with Crippen LogP contribution < -0.4 is 0 Å². The van der Waals surface area contributed by atoms with E-state index in [1.807, 2.05) is 0 Å². The van der Waals surface area contributed by atoms with Gasteiger partial charge in [-0.2, -0.15) is 0 Å². The minimum absolute atomic E-state index is 0.455. The lowest BCUT2D eigenvalue weighted by Crippen LogP contribution is -2.24. The zero-order valence-corrected chi connectivity index (χ0v) is 10.5. The molecular formula is C13H19N3O2. The summed E-state index contributed by atoms with van der Waals surface area (Å²) in [7, 11) is 0. The third-order valence-corrected chi connectivity index (χ3v) is 4.26. The Kier molecular flexibility index (Phi) is 3.06. The van der Waals surface area contributed by atoms with E-state index in [0.29, 0.717) is 18.2 Å². The number of carbonyl (C=O) groups is 1. The minimum atomic E-state index is -0.765. The summed E-state index contributed by atoms with van der Waals surface area (Å²) in [6.45, 7) is 0.887. The molecule has 5 nitrogen and oxygen atoms in total. The topological polar surface area (TPSA) is 68.0 Å². The Bertz CT molecular complexity index is 449. The van der Waals surface area contributed by atoms with E-state index in [0.717, 1.165) is 18.8 Å². The number of aromatic nitrogens is 3. The fourth-order valence-corrected chi connectivity index (χ4v) is 3.29. The standard InChI is InChI=1S/C13H19N3O2/c17-13(18)10-7-4-8-16-11(14-15-12(10)16)9-5-2-1-3-6-9/h9-10H,1-8H2,(H,17,18). The molecule has 0 saturated heterocycles. The number of nitrogens with zero attached hydrogens (tertiary/aromatic N) is 3. The van der Waals surface area contributed by atoms with Crippen LogP contribution >= 0.6 is 0 Å². The highest BCUT2D eigenvalue weighted by atomic mass is 16.4. The molecule has 1 atom stereocenters. The molecule has 1 unspecified atom stereocenters. The Morgan fingerprint density at radius 2 is 1.78 bits per heavy atom. The Labute approximate surface area is 106 Å². The molecule has 2 aliphatic rings. The molecule has 1 fully saturated rings. The molecule has 1 aromatic heterocycles. The highest BCUT2D eigenvalue weighted by Crippen LogP contribution is 2.35. The van der Waals surface area contributed by atoms with Crippen molar-refractivity contribution in [3.63, 3.8) is 0 Å². The van der Waals surface area contributed by atoms with Gasteiger partial charge in [0, 0.05) is 12.5 Å². The van der Waals surface area contributed by atoms with Crippen molar-refractivity contribution in [2.24, 2.45) is 0 Å². The van der Waals surface area contributed by atoms with Crippen molar-refractivity contribution in [3.05, 3.63) is 11.6 Å². The Morgan fingerprint density at radius 3 is 2.50 bits per heavy atom. The molecule has 1 N–H and O–H groups in total. The molecule has 0 spiro atoms. The number of carboxylic acids is 1. The van der Waals surface area contributed by atoms with Gasteiger partial charge in [0.05, 0.1) is 0 Å². The lowest BCUT2D eigenvalue weighted by Gasteiger charge is -2.25. The molecule has 0 amide bonds. The highest BCUT2D eigenvalue weighted by Gasteiger charge is 2.32. The van der Waals surface area contributed by atoms with Crippen LogP contribution in [0.5, 0.6) is 0 Å². The van der Waals surface area contributed by atoms with E-state index in [4.69, 9.17) is 0 Å². The van der Waals surface area contributed by atoms with Gasteiger partial charge >= 0.3 is 5.97 Å². The molecule has 98 valence electrons. The second kappa shape index (κ2) is 4.71. The zero-order chi connectivity index (χ0) is 12.5. The first-order chi connectivity index (χ1) is 8.77. The molecule has 18 heavy (non-hydrogen) atoms. The van der Waals surface area contributed by atoms with Crippen molar-refractivity contribution in [2.45, 2.75) is 63.3 Å². The second-order valence-corrected chi connectivity index (χ2v) is 5.44. The van der Waals surface area contributed by atoms with Crippen LogP contribution in [0, 0.1) is 0 Å². The summed E-state index contributed by atoms with van der Waals surface area (Å²) >= 11 is 0. The number of rotatable bonds is 2. The normalized spacial score (nSPS) is 24.8. The van der Waals surface area contributed by atoms with E-state index >= 15 is 0 Å². The summed E-state index contributed by atoms with van der Waals surface area (Å²) in [4.78, 5) is 11.2. The van der Waals surface area contributed by atoms with Crippen LogP contribution in [0.15, 0.2) is 0 Å². The summed E-state index contributed by atoms with van der Waals surface area (Å²) in [6.07, 6.45) is 7.80. The molecule has 3 rings (SSSR count). The van der Waals surface area contributed by atoms with Crippen LogP contribution in [0.25, 0.3) is 0 Å². The number of hydrogen-bond donors (Lipinski definition) is 1. The van der Waals surface area contributed by atoms with Gasteiger partial charge < -0.3 is 9.67 Å². The lowest BCUT2D eigenvalue weighted by atomic mass is 9.88. The van der Waals surface area contributed by atoms with Gasteiger partial charge in [-0.05, 0) is 25.7 Å². The maximum Gasteiger partial charge on any atom is 0.314 e. The summed E-state index contributed by atoms with van der Waals surface area (Å²) in [5.41, 5.74) is 0. The molecule has 0 radical (unpaired) electrons. The van der Waals surface area contributed by atoms with Crippen molar-refractivity contribution in [1.82, 2.24) is 14.8 Å². The first kappa shape index (κ1) is 11.7. The smallest absolute Gasteiger partial charge is 0.314 e. The number of aliphatic carboxylic acids is 1. The van der Waals surface area contributed by atoms with Gasteiger partial charge in [-0.15, -0.1) is 10.2 Å². The SMILES string of the molecule is O=C(O)C1CCCn2c(C3CCCCC3)nnc21. The van der Waals surface area contributed by atoms with Gasteiger partial charge in [-0.25, -0.2) is 0 Å². The monoisotopic (exact) mass is 249 g/mol. The summed E-state index contributed by atoms with van der Waals surface area (Å²) in [6, 6.07) is 0. The van der Waals surface area contributed by atoms with E-state index in [1.165, 1.54) is 32.1 Å². The Morgan fingerprint density at radius 1 is 1.06 bits per heavy atom. The van der Waals surface area contributed by atoms with E-state index < -0.39 is 11.9 Å². The van der Waals surface area contributed by atoms with Gasteiger partial charge in [0.2, 0.25) is 0 Å². The van der Waals surface area contributed by atoms with Crippen molar-refractivity contribution in [3.8, 4) is 0 Å². The first-order valence-electron chi connectivity index (χ1n) is 6.93. The minimum Gasteiger partial charge on any atom is -0.481 e.